The van der Waals surface area contributed by atoms with Gasteiger partial charge in [-0.25, -0.2) is 4.98 Å². The number of fused-ring (bicyclic) bond motifs is 1. The van der Waals surface area contributed by atoms with Crippen molar-refractivity contribution in [2.24, 2.45) is 0 Å². The Morgan fingerprint density at radius 1 is 1.12 bits per heavy atom. The normalized spacial score (nSPS) is 11.3. The highest BCUT2D eigenvalue weighted by atomic mass is 32.1. The van der Waals surface area contributed by atoms with Gasteiger partial charge in [0.15, 0.2) is 5.65 Å². The van der Waals surface area contributed by atoms with Gasteiger partial charge < -0.3 is 5.32 Å². The number of nitrogens with zero attached hydrogens (tertiary/aromatic N) is 3. The van der Waals surface area contributed by atoms with Crippen molar-refractivity contribution in [1.29, 1.82) is 0 Å². The Bertz CT molecular complexity index is 1100. The third-order valence-electron chi connectivity index (χ3n) is 3.59. The van der Waals surface area contributed by atoms with E-state index in [0.29, 0.717) is 0 Å². The van der Waals surface area contributed by atoms with Crippen molar-refractivity contribution in [3.8, 4) is 22.4 Å². The van der Waals surface area contributed by atoms with Crippen LogP contribution in [0.2, 0.25) is 0 Å². The average molecular weight is 379 g/mol. The van der Waals surface area contributed by atoms with Gasteiger partial charge in [-0.1, -0.05) is 6.07 Å². The molecule has 0 saturated carbocycles. The topological polar surface area (TPSA) is 42.2 Å². The Morgan fingerprint density at radius 3 is 2.73 bits per heavy atom. The number of anilines is 1. The van der Waals surface area contributed by atoms with Gasteiger partial charge in [-0.15, -0.1) is 22.7 Å². The molecule has 1 N–H and O–H groups in total. The van der Waals surface area contributed by atoms with Crippen LogP contribution in [-0.4, -0.2) is 19.9 Å². The second kappa shape index (κ2) is 6.60. The predicted molar refractivity (Wildman–Crippen MR) is 110 cm³/mol. The molecule has 0 unspecified atom stereocenters. The van der Waals surface area contributed by atoms with E-state index in [9.17, 15) is 0 Å². The predicted octanol–water partition coefficient (Wildman–Crippen LogP) is 5.13. The zero-order chi connectivity index (χ0) is 18.1. The van der Waals surface area contributed by atoms with Crippen LogP contribution >= 0.6 is 22.7 Å². The molecule has 0 amide bonds. The molecule has 0 spiro atoms. The van der Waals surface area contributed by atoms with Crippen LogP contribution in [0.15, 0.2) is 48.2 Å². The molecule has 0 bridgehead atoms. The van der Waals surface area contributed by atoms with Crippen molar-refractivity contribution in [3.63, 3.8) is 0 Å². The lowest BCUT2D eigenvalue weighted by Crippen LogP contribution is -2.27. The van der Waals surface area contributed by atoms with E-state index in [0.717, 1.165) is 31.8 Å². The number of rotatable bonds is 2. The highest BCUT2D eigenvalue weighted by molar-refractivity contribution is 7.16. The molecule has 26 heavy (non-hydrogen) atoms. The first-order valence-electron chi connectivity index (χ1n) is 8.26. The Hall–Kier alpha value is -2.62. The first kappa shape index (κ1) is 16.8. The summed E-state index contributed by atoms with van der Waals surface area (Å²) in [5, 5.41) is 5.62. The maximum atomic E-state index is 4.79. The van der Waals surface area contributed by atoms with Crippen molar-refractivity contribution in [2.45, 2.75) is 26.3 Å². The van der Waals surface area contributed by atoms with Crippen molar-refractivity contribution in [3.05, 3.63) is 58.0 Å². The van der Waals surface area contributed by atoms with Gasteiger partial charge in [0.2, 0.25) is 0 Å². The third kappa shape index (κ3) is 3.50. The second-order valence-electron chi connectivity index (χ2n) is 6.88. The van der Waals surface area contributed by atoms with Crippen LogP contribution in [0.25, 0.3) is 16.2 Å². The molecule has 0 saturated heterocycles. The molecule has 4 rings (SSSR count). The van der Waals surface area contributed by atoms with Crippen LogP contribution in [0.4, 0.5) is 5.82 Å². The summed E-state index contributed by atoms with van der Waals surface area (Å²) in [7, 11) is 0. The molecule has 0 aliphatic rings. The standard InChI is InChI=1S/C20H18N4S2/c1-20(2,3)23-19-18(22-17-13-21-10-11-24(17)19)16-9-8-15(26-16)7-6-14-5-4-12-25-14/h4-5,8-13,23H,1-3H3. The summed E-state index contributed by atoms with van der Waals surface area (Å²) >= 11 is 3.31. The number of thiophene rings is 2. The molecular formula is C20H18N4S2. The smallest absolute Gasteiger partial charge is 0.157 e. The monoisotopic (exact) mass is 378 g/mol. The molecule has 0 radical (unpaired) electrons. The van der Waals surface area contributed by atoms with Crippen LogP contribution in [-0.2, 0) is 0 Å². The summed E-state index contributed by atoms with van der Waals surface area (Å²) in [5.41, 5.74) is 1.68. The van der Waals surface area contributed by atoms with Crippen LogP contribution in [0.1, 0.15) is 30.5 Å². The first-order valence-corrected chi connectivity index (χ1v) is 9.95. The first-order chi connectivity index (χ1) is 12.5. The minimum atomic E-state index is -0.0763. The van der Waals surface area contributed by atoms with Crippen LogP contribution < -0.4 is 5.32 Å². The van der Waals surface area contributed by atoms with Crippen molar-refractivity contribution in [2.75, 3.05) is 5.32 Å². The van der Waals surface area contributed by atoms with E-state index in [1.165, 1.54) is 0 Å². The zero-order valence-electron chi connectivity index (χ0n) is 14.8. The fourth-order valence-electron chi connectivity index (χ4n) is 2.56. The van der Waals surface area contributed by atoms with Gasteiger partial charge in [0.25, 0.3) is 0 Å². The lowest BCUT2D eigenvalue weighted by atomic mass is 10.1. The lowest BCUT2D eigenvalue weighted by Gasteiger charge is -2.22. The van der Waals surface area contributed by atoms with Gasteiger partial charge in [0.1, 0.15) is 11.5 Å². The summed E-state index contributed by atoms with van der Waals surface area (Å²) in [4.78, 5) is 12.2. The molecule has 4 aromatic rings. The van der Waals surface area contributed by atoms with Crippen molar-refractivity contribution in [1.82, 2.24) is 14.4 Å². The summed E-state index contributed by atoms with van der Waals surface area (Å²) in [6.07, 6.45) is 5.49. The number of hydrogen-bond donors (Lipinski definition) is 1. The van der Waals surface area contributed by atoms with E-state index in [1.807, 2.05) is 28.1 Å². The largest absolute Gasteiger partial charge is 0.365 e. The number of imidazole rings is 1. The summed E-state index contributed by atoms with van der Waals surface area (Å²) in [5.74, 6) is 7.44. The van der Waals surface area contributed by atoms with Crippen LogP contribution in [0.5, 0.6) is 0 Å². The average Bonchev–Trinajstić information content (AvgIpc) is 3.32. The molecular weight excluding hydrogens is 360 g/mol. The van der Waals surface area contributed by atoms with Crippen LogP contribution in [0, 0.1) is 11.8 Å². The Labute approximate surface area is 160 Å². The van der Waals surface area contributed by atoms with E-state index < -0.39 is 0 Å². The summed E-state index contributed by atoms with van der Waals surface area (Å²) in [6.45, 7) is 6.43. The minimum absolute atomic E-state index is 0.0763. The Kier molecular flexibility index (Phi) is 4.27. The Morgan fingerprint density at radius 2 is 1.96 bits per heavy atom. The molecule has 0 aliphatic carbocycles. The molecule has 130 valence electrons. The molecule has 4 heterocycles. The van der Waals surface area contributed by atoms with E-state index >= 15 is 0 Å². The molecule has 0 aliphatic heterocycles. The molecule has 6 heteroatoms. The van der Waals surface area contributed by atoms with E-state index in [2.05, 4.69) is 55.0 Å². The van der Waals surface area contributed by atoms with Gasteiger partial charge in [0.05, 0.1) is 20.8 Å². The Balaban J connectivity index is 1.76. The fourth-order valence-corrected chi connectivity index (χ4v) is 3.98. The van der Waals surface area contributed by atoms with Gasteiger partial charge in [-0.2, -0.15) is 0 Å². The highest BCUT2D eigenvalue weighted by Crippen LogP contribution is 2.34. The minimum Gasteiger partial charge on any atom is -0.365 e. The molecule has 0 aromatic carbocycles. The lowest BCUT2D eigenvalue weighted by molar-refractivity contribution is 0.629. The quantitative estimate of drug-likeness (QED) is 0.492. The highest BCUT2D eigenvalue weighted by Gasteiger charge is 2.20. The van der Waals surface area contributed by atoms with Crippen molar-refractivity contribution < 1.29 is 0 Å². The maximum Gasteiger partial charge on any atom is 0.157 e. The molecule has 0 atom stereocenters. The third-order valence-corrected chi connectivity index (χ3v) is 5.39. The van der Waals surface area contributed by atoms with Gasteiger partial charge in [-0.05, 0) is 56.2 Å². The second-order valence-corrected chi connectivity index (χ2v) is 8.91. The van der Waals surface area contributed by atoms with Crippen molar-refractivity contribution >= 4 is 34.1 Å². The van der Waals surface area contributed by atoms with E-state index in [4.69, 9.17) is 4.98 Å². The molecule has 4 nitrogen and oxygen atoms in total. The zero-order valence-corrected chi connectivity index (χ0v) is 16.4. The van der Waals surface area contributed by atoms with Crippen LogP contribution in [0.3, 0.4) is 0 Å². The molecule has 0 fully saturated rings. The summed E-state index contributed by atoms with van der Waals surface area (Å²) < 4.78 is 2.05. The van der Waals surface area contributed by atoms with E-state index in [1.54, 1.807) is 35.1 Å². The van der Waals surface area contributed by atoms with Gasteiger partial charge in [-0.3, -0.25) is 9.38 Å². The number of hydrogen-bond acceptors (Lipinski definition) is 5. The number of aromatic nitrogens is 3. The van der Waals surface area contributed by atoms with Gasteiger partial charge >= 0.3 is 0 Å². The summed E-state index contributed by atoms with van der Waals surface area (Å²) in [6, 6.07) is 8.20. The van der Waals surface area contributed by atoms with E-state index in [-0.39, 0.29) is 5.54 Å². The number of nitrogens with one attached hydrogen (secondary N) is 1. The fraction of sp³-hybridized carbons (Fsp3) is 0.200. The molecule has 4 aromatic heterocycles. The SMILES string of the molecule is CC(C)(C)Nc1c(-c2ccc(C#Cc3cccs3)s2)nc2cnccn12. The van der Waals surface area contributed by atoms with Gasteiger partial charge in [0, 0.05) is 17.9 Å². The maximum absolute atomic E-state index is 4.79.